The van der Waals surface area contributed by atoms with Crippen LogP contribution < -0.4 is 9.47 Å². The largest absolute Gasteiger partial charge is 0.490 e. The van der Waals surface area contributed by atoms with E-state index in [2.05, 4.69) is 20.9 Å². The molecule has 0 N–H and O–H groups in total. The van der Waals surface area contributed by atoms with Crippen LogP contribution in [0.4, 0.5) is 0 Å². The van der Waals surface area contributed by atoms with Gasteiger partial charge in [0.25, 0.3) is 0 Å². The van der Waals surface area contributed by atoms with E-state index in [4.69, 9.17) is 9.47 Å². The third-order valence-corrected chi connectivity index (χ3v) is 3.00. The Labute approximate surface area is 121 Å². The average Bonchev–Trinajstić information content (AvgIpc) is 2.41. The van der Waals surface area contributed by atoms with E-state index in [1.807, 2.05) is 50.2 Å². The number of nitrogens with zero attached hydrogens (tertiary/aromatic N) is 1. The first-order valence-electron chi connectivity index (χ1n) is 6.27. The molecule has 0 saturated heterocycles. The van der Waals surface area contributed by atoms with Gasteiger partial charge >= 0.3 is 0 Å². The van der Waals surface area contributed by atoms with Crippen molar-refractivity contribution in [3.63, 3.8) is 0 Å². The topological polar surface area (TPSA) is 31.4 Å². The van der Waals surface area contributed by atoms with Crippen molar-refractivity contribution in [3.8, 4) is 22.8 Å². The smallest absolute Gasteiger partial charge is 0.161 e. The molecular formula is C15H16BrNO2. The normalized spacial score (nSPS) is 10.3. The molecule has 1 heterocycles. The maximum Gasteiger partial charge on any atom is 0.161 e. The lowest BCUT2D eigenvalue weighted by atomic mass is 10.1. The lowest BCUT2D eigenvalue weighted by molar-refractivity contribution is 0.288. The van der Waals surface area contributed by atoms with Crippen molar-refractivity contribution in [1.29, 1.82) is 0 Å². The van der Waals surface area contributed by atoms with Gasteiger partial charge in [0.05, 0.1) is 18.9 Å². The number of rotatable bonds is 5. The Balaban J connectivity index is 2.39. The van der Waals surface area contributed by atoms with Crippen LogP contribution in [0.15, 0.2) is 41.0 Å². The van der Waals surface area contributed by atoms with Crippen molar-refractivity contribution in [2.24, 2.45) is 0 Å². The summed E-state index contributed by atoms with van der Waals surface area (Å²) in [6, 6.07) is 11.7. The average molecular weight is 322 g/mol. The molecule has 2 rings (SSSR count). The molecule has 0 fully saturated rings. The maximum absolute atomic E-state index is 5.62. The fourth-order valence-corrected chi connectivity index (χ4v) is 2.12. The molecule has 0 aliphatic heterocycles. The van der Waals surface area contributed by atoms with Crippen molar-refractivity contribution in [1.82, 2.24) is 4.98 Å². The SMILES string of the molecule is CCOc1ccc(-c2cccc(Br)n2)cc1OCC. The molecule has 0 bridgehead atoms. The van der Waals surface area contributed by atoms with Gasteiger partial charge in [-0.3, -0.25) is 0 Å². The minimum Gasteiger partial charge on any atom is -0.490 e. The number of hydrogen-bond acceptors (Lipinski definition) is 3. The number of hydrogen-bond donors (Lipinski definition) is 0. The van der Waals surface area contributed by atoms with Crippen LogP contribution in [-0.4, -0.2) is 18.2 Å². The van der Waals surface area contributed by atoms with Crippen LogP contribution in [0.1, 0.15) is 13.8 Å². The van der Waals surface area contributed by atoms with Crippen molar-refractivity contribution in [2.45, 2.75) is 13.8 Å². The van der Waals surface area contributed by atoms with Gasteiger partial charge in [-0.15, -0.1) is 0 Å². The van der Waals surface area contributed by atoms with E-state index < -0.39 is 0 Å². The summed E-state index contributed by atoms with van der Waals surface area (Å²) >= 11 is 3.38. The fourth-order valence-electron chi connectivity index (χ4n) is 1.78. The lowest BCUT2D eigenvalue weighted by Crippen LogP contribution is -1.98. The molecule has 0 radical (unpaired) electrons. The summed E-state index contributed by atoms with van der Waals surface area (Å²) in [5, 5.41) is 0. The van der Waals surface area contributed by atoms with Crippen LogP contribution in [0, 0.1) is 0 Å². The second kappa shape index (κ2) is 6.57. The summed E-state index contributed by atoms with van der Waals surface area (Å²) in [5.74, 6) is 1.52. The lowest BCUT2D eigenvalue weighted by Gasteiger charge is -2.12. The van der Waals surface area contributed by atoms with Gasteiger partial charge in [0.15, 0.2) is 11.5 Å². The first-order valence-corrected chi connectivity index (χ1v) is 7.06. The summed E-state index contributed by atoms with van der Waals surface area (Å²) in [6.45, 7) is 5.14. The number of benzene rings is 1. The number of aromatic nitrogens is 1. The number of pyridine rings is 1. The highest BCUT2D eigenvalue weighted by Crippen LogP contribution is 2.32. The Hall–Kier alpha value is -1.55. The Morgan fingerprint density at radius 1 is 1.00 bits per heavy atom. The minimum atomic E-state index is 0.607. The van der Waals surface area contributed by atoms with E-state index in [1.54, 1.807) is 0 Å². The van der Waals surface area contributed by atoms with Crippen LogP contribution in [-0.2, 0) is 0 Å². The molecule has 0 aliphatic carbocycles. The second-order valence-corrected chi connectivity index (χ2v) is 4.69. The Bertz CT molecular complexity index is 558. The van der Waals surface area contributed by atoms with Crippen LogP contribution in [0.3, 0.4) is 0 Å². The van der Waals surface area contributed by atoms with Gasteiger partial charge in [-0.05, 0) is 60.1 Å². The summed E-state index contributed by atoms with van der Waals surface area (Å²) in [6.07, 6.45) is 0. The van der Waals surface area contributed by atoms with Crippen molar-refractivity contribution < 1.29 is 9.47 Å². The Morgan fingerprint density at radius 3 is 2.42 bits per heavy atom. The van der Waals surface area contributed by atoms with Gasteiger partial charge < -0.3 is 9.47 Å². The van der Waals surface area contributed by atoms with Gasteiger partial charge in [0.2, 0.25) is 0 Å². The Morgan fingerprint density at radius 2 is 1.74 bits per heavy atom. The van der Waals surface area contributed by atoms with Gasteiger partial charge in [-0.2, -0.15) is 0 Å². The number of halogens is 1. The monoisotopic (exact) mass is 321 g/mol. The van der Waals surface area contributed by atoms with E-state index in [0.29, 0.717) is 13.2 Å². The van der Waals surface area contributed by atoms with E-state index >= 15 is 0 Å². The highest BCUT2D eigenvalue weighted by atomic mass is 79.9. The van der Waals surface area contributed by atoms with Gasteiger partial charge in [-0.25, -0.2) is 4.98 Å². The van der Waals surface area contributed by atoms with Gasteiger partial charge in [-0.1, -0.05) is 6.07 Å². The summed E-state index contributed by atoms with van der Waals surface area (Å²) in [5.41, 5.74) is 1.91. The van der Waals surface area contributed by atoms with E-state index in [9.17, 15) is 0 Å². The molecule has 0 unspecified atom stereocenters. The number of ether oxygens (including phenoxy) is 2. The predicted octanol–water partition coefficient (Wildman–Crippen LogP) is 4.31. The zero-order chi connectivity index (χ0) is 13.7. The van der Waals surface area contributed by atoms with Crippen molar-refractivity contribution >= 4 is 15.9 Å². The standard InChI is InChI=1S/C15H16BrNO2/c1-3-18-13-9-8-11(10-14(13)19-4-2)12-6-5-7-15(16)17-12/h5-10H,3-4H2,1-2H3. The van der Waals surface area contributed by atoms with Crippen LogP contribution in [0.2, 0.25) is 0 Å². The van der Waals surface area contributed by atoms with E-state index in [0.717, 1.165) is 27.4 Å². The highest BCUT2D eigenvalue weighted by Gasteiger charge is 2.08. The third kappa shape index (κ3) is 3.47. The summed E-state index contributed by atoms with van der Waals surface area (Å²) < 4.78 is 12.0. The van der Waals surface area contributed by atoms with Crippen LogP contribution in [0.5, 0.6) is 11.5 Å². The molecule has 100 valence electrons. The first-order chi connectivity index (χ1) is 9.24. The van der Waals surface area contributed by atoms with Crippen LogP contribution >= 0.6 is 15.9 Å². The quantitative estimate of drug-likeness (QED) is 0.769. The molecule has 0 aliphatic rings. The summed E-state index contributed by atoms with van der Waals surface area (Å²) in [7, 11) is 0. The molecule has 1 aromatic heterocycles. The van der Waals surface area contributed by atoms with Gasteiger partial charge in [0.1, 0.15) is 4.60 Å². The molecule has 1 aromatic carbocycles. The van der Waals surface area contributed by atoms with Gasteiger partial charge in [0, 0.05) is 5.56 Å². The van der Waals surface area contributed by atoms with Crippen LogP contribution in [0.25, 0.3) is 11.3 Å². The zero-order valence-electron chi connectivity index (χ0n) is 11.0. The molecule has 0 atom stereocenters. The molecule has 19 heavy (non-hydrogen) atoms. The Kier molecular flexibility index (Phi) is 4.80. The van der Waals surface area contributed by atoms with Crippen molar-refractivity contribution in [2.75, 3.05) is 13.2 Å². The molecule has 0 saturated carbocycles. The molecule has 4 heteroatoms. The predicted molar refractivity (Wildman–Crippen MR) is 79.7 cm³/mol. The molecule has 0 amide bonds. The maximum atomic E-state index is 5.62. The first kappa shape index (κ1) is 13.9. The highest BCUT2D eigenvalue weighted by molar-refractivity contribution is 9.10. The summed E-state index contributed by atoms with van der Waals surface area (Å²) in [4.78, 5) is 4.44. The molecule has 3 nitrogen and oxygen atoms in total. The molecule has 0 spiro atoms. The molecular weight excluding hydrogens is 306 g/mol. The minimum absolute atomic E-state index is 0.607. The van der Waals surface area contributed by atoms with E-state index in [-0.39, 0.29) is 0 Å². The molecule has 2 aromatic rings. The fraction of sp³-hybridized carbons (Fsp3) is 0.267. The third-order valence-electron chi connectivity index (χ3n) is 2.55. The van der Waals surface area contributed by atoms with Crippen molar-refractivity contribution in [3.05, 3.63) is 41.0 Å². The van der Waals surface area contributed by atoms with E-state index in [1.165, 1.54) is 0 Å². The second-order valence-electron chi connectivity index (χ2n) is 3.87. The zero-order valence-corrected chi connectivity index (χ0v) is 12.6.